The molecule has 0 heterocycles. The van der Waals surface area contributed by atoms with Crippen LogP contribution in [0.4, 0.5) is 10.1 Å². The number of nitrogens with one attached hydrogen (secondary N) is 2. The Morgan fingerprint density at radius 2 is 1.71 bits per heavy atom. The fourth-order valence-corrected chi connectivity index (χ4v) is 3.09. The Kier molecular flexibility index (Phi) is 6.99. The quantitative estimate of drug-likeness (QED) is 0.434. The summed E-state index contributed by atoms with van der Waals surface area (Å²) in [4.78, 5) is 36.1. The lowest BCUT2D eigenvalue weighted by Gasteiger charge is -2.13. The van der Waals surface area contributed by atoms with E-state index in [0.29, 0.717) is 11.3 Å². The van der Waals surface area contributed by atoms with Gasteiger partial charge in [-0.1, -0.05) is 41.9 Å². The zero-order chi connectivity index (χ0) is 22.4. The van der Waals surface area contributed by atoms with Crippen molar-refractivity contribution < 1.29 is 23.5 Å². The number of carbonyl (C=O) groups is 3. The molecule has 0 saturated heterocycles. The molecule has 3 aromatic carbocycles. The summed E-state index contributed by atoms with van der Waals surface area (Å²) in [6, 6.07) is 17.0. The molecular formula is C23H18ClFN2O4. The van der Waals surface area contributed by atoms with Gasteiger partial charge < -0.3 is 15.4 Å². The molecule has 0 radical (unpaired) electrons. The number of para-hydroxylation sites is 1. The third-order valence-electron chi connectivity index (χ3n) is 4.25. The summed E-state index contributed by atoms with van der Waals surface area (Å²) in [6.45, 7) is 1.30. The van der Waals surface area contributed by atoms with E-state index in [4.69, 9.17) is 16.3 Å². The van der Waals surface area contributed by atoms with Crippen LogP contribution in [0.3, 0.4) is 0 Å². The number of ether oxygens (including phenoxy) is 1. The highest BCUT2D eigenvalue weighted by Gasteiger charge is 2.16. The van der Waals surface area contributed by atoms with Gasteiger partial charge in [0, 0.05) is 24.7 Å². The number of hydrogen-bond acceptors (Lipinski definition) is 4. The Bertz CT molecular complexity index is 1130. The molecule has 2 amide bonds. The standard InChI is InChI=1S/C23H18ClFN2O4/c1-14(28)31-17-8-4-7-15(12-17)22(29)27-20-11-3-2-6-16(20)13-26-23(30)21-18(24)9-5-10-19(21)25/h2-12H,13H2,1H3,(H,26,30)(H,27,29). The molecule has 0 aliphatic rings. The summed E-state index contributed by atoms with van der Waals surface area (Å²) < 4.78 is 18.9. The van der Waals surface area contributed by atoms with Crippen LogP contribution in [0, 0.1) is 5.82 Å². The van der Waals surface area contributed by atoms with Gasteiger partial charge in [-0.3, -0.25) is 14.4 Å². The molecular weight excluding hydrogens is 423 g/mol. The van der Waals surface area contributed by atoms with Gasteiger partial charge in [0.25, 0.3) is 11.8 Å². The summed E-state index contributed by atoms with van der Waals surface area (Å²) in [5.74, 6) is -2.06. The van der Waals surface area contributed by atoms with Gasteiger partial charge in [-0.05, 0) is 42.0 Å². The maximum absolute atomic E-state index is 13.9. The van der Waals surface area contributed by atoms with Gasteiger partial charge in [0.1, 0.15) is 11.6 Å². The summed E-state index contributed by atoms with van der Waals surface area (Å²) in [5, 5.41) is 5.38. The number of benzene rings is 3. The molecule has 0 saturated carbocycles. The number of esters is 1. The van der Waals surface area contributed by atoms with Gasteiger partial charge in [-0.2, -0.15) is 0 Å². The van der Waals surface area contributed by atoms with Gasteiger partial charge in [-0.25, -0.2) is 4.39 Å². The molecule has 0 aromatic heterocycles. The zero-order valence-corrected chi connectivity index (χ0v) is 17.2. The highest BCUT2D eigenvalue weighted by molar-refractivity contribution is 6.33. The van der Waals surface area contributed by atoms with Crippen LogP contribution in [0.25, 0.3) is 0 Å². The SMILES string of the molecule is CC(=O)Oc1cccc(C(=O)Nc2ccccc2CNC(=O)c2c(F)cccc2Cl)c1. The van der Waals surface area contributed by atoms with Crippen molar-refractivity contribution in [1.29, 1.82) is 0 Å². The molecule has 3 aromatic rings. The molecule has 2 N–H and O–H groups in total. The lowest BCUT2D eigenvalue weighted by Crippen LogP contribution is -2.25. The zero-order valence-electron chi connectivity index (χ0n) is 16.4. The molecule has 6 nitrogen and oxygen atoms in total. The molecule has 0 spiro atoms. The van der Waals surface area contributed by atoms with Crippen LogP contribution < -0.4 is 15.4 Å². The summed E-state index contributed by atoms with van der Waals surface area (Å²) in [6.07, 6.45) is 0. The van der Waals surface area contributed by atoms with E-state index in [-0.39, 0.29) is 28.4 Å². The van der Waals surface area contributed by atoms with Crippen LogP contribution in [0.1, 0.15) is 33.2 Å². The summed E-state index contributed by atoms with van der Waals surface area (Å²) in [7, 11) is 0. The molecule has 0 aliphatic heterocycles. The average molecular weight is 441 g/mol. The maximum atomic E-state index is 13.9. The topological polar surface area (TPSA) is 84.5 Å². The van der Waals surface area contributed by atoms with Crippen molar-refractivity contribution in [2.24, 2.45) is 0 Å². The second-order valence-electron chi connectivity index (χ2n) is 6.51. The molecule has 31 heavy (non-hydrogen) atoms. The Hall–Kier alpha value is -3.71. The summed E-state index contributed by atoms with van der Waals surface area (Å²) in [5.41, 5.74) is 1.11. The first-order chi connectivity index (χ1) is 14.8. The number of carbonyl (C=O) groups excluding carboxylic acids is 3. The van der Waals surface area contributed by atoms with E-state index in [9.17, 15) is 18.8 Å². The Morgan fingerprint density at radius 3 is 2.45 bits per heavy atom. The molecule has 0 fully saturated rings. The van der Waals surface area contributed by atoms with E-state index >= 15 is 0 Å². The van der Waals surface area contributed by atoms with Crippen molar-refractivity contribution in [3.05, 3.63) is 94.3 Å². The lowest BCUT2D eigenvalue weighted by molar-refractivity contribution is -0.131. The number of hydrogen-bond donors (Lipinski definition) is 2. The highest BCUT2D eigenvalue weighted by Crippen LogP contribution is 2.21. The van der Waals surface area contributed by atoms with Gasteiger partial charge in [0.2, 0.25) is 0 Å². The maximum Gasteiger partial charge on any atom is 0.308 e. The van der Waals surface area contributed by atoms with Crippen LogP contribution in [0.5, 0.6) is 5.75 Å². The van der Waals surface area contributed by atoms with Crippen LogP contribution >= 0.6 is 11.6 Å². The first-order valence-electron chi connectivity index (χ1n) is 9.25. The van der Waals surface area contributed by atoms with Crippen molar-refractivity contribution in [2.45, 2.75) is 13.5 Å². The van der Waals surface area contributed by atoms with Crippen molar-refractivity contribution in [2.75, 3.05) is 5.32 Å². The van der Waals surface area contributed by atoms with E-state index in [2.05, 4.69) is 10.6 Å². The van der Waals surface area contributed by atoms with E-state index < -0.39 is 23.6 Å². The van der Waals surface area contributed by atoms with E-state index in [1.165, 1.54) is 25.1 Å². The number of anilines is 1. The lowest BCUT2D eigenvalue weighted by atomic mass is 10.1. The molecule has 3 rings (SSSR count). The normalized spacial score (nSPS) is 10.3. The van der Waals surface area contributed by atoms with Crippen LogP contribution in [0.2, 0.25) is 5.02 Å². The van der Waals surface area contributed by atoms with Crippen molar-refractivity contribution in [3.63, 3.8) is 0 Å². The smallest absolute Gasteiger partial charge is 0.308 e. The predicted octanol–water partition coefficient (Wildman–Crippen LogP) is 4.59. The van der Waals surface area contributed by atoms with Crippen LogP contribution in [0.15, 0.2) is 66.7 Å². The van der Waals surface area contributed by atoms with Gasteiger partial charge >= 0.3 is 5.97 Å². The van der Waals surface area contributed by atoms with E-state index in [1.807, 2.05) is 0 Å². The minimum Gasteiger partial charge on any atom is -0.427 e. The van der Waals surface area contributed by atoms with Gasteiger partial charge in [0.15, 0.2) is 0 Å². The highest BCUT2D eigenvalue weighted by atomic mass is 35.5. The molecule has 0 atom stereocenters. The molecule has 0 aliphatic carbocycles. The van der Waals surface area contributed by atoms with Crippen molar-refractivity contribution in [1.82, 2.24) is 5.32 Å². The summed E-state index contributed by atoms with van der Waals surface area (Å²) >= 11 is 5.93. The third-order valence-corrected chi connectivity index (χ3v) is 4.57. The Balaban J connectivity index is 1.73. The third kappa shape index (κ3) is 5.67. The number of halogens is 2. The fraction of sp³-hybridized carbons (Fsp3) is 0.0870. The largest absolute Gasteiger partial charge is 0.427 e. The number of rotatable bonds is 6. The second-order valence-corrected chi connectivity index (χ2v) is 6.92. The van der Waals surface area contributed by atoms with Crippen molar-refractivity contribution >= 4 is 35.1 Å². The Labute approximate surface area is 183 Å². The fourth-order valence-electron chi connectivity index (χ4n) is 2.84. The van der Waals surface area contributed by atoms with Gasteiger partial charge in [0.05, 0.1) is 10.6 Å². The molecule has 0 unspecified atom stereocenters. The second kappa shape index (κ2) is 9.86. The minimum absolute atomic E-state index is 0.00625. The van der Waals surface area contributed by atoms with E-state index in [0.717, 1.165) is 6.07 Å². The van der Waals surface area contributed by atoms with E-state index in [1.54, 1.807) is 42.5 Å². The van der Waals surface area contributed by atoms with Gasteiger partial charge in [-0.15, -0.1) is 0 Å². The molecule has 8 heteroatoms. The number of amides is 2. The van der Waals surface area contributed by atoms with Crippen LogP contribution in [-0.4, -0.2) is 17.8 Å². The first-order valence-corrected chi connectivity index (χ1v) is 9.63. The average Bonchev–Trinajstić information content (AvgIpc) is 2.72. The molecule has 158 valence electrons. The first kappa shape index (κ1) is 22.0. The predicted molar refractivity (Wildman–Crippen MR) is 115 cm³/mol. The van der Waals surface area contributed by atoms with Crippen molar-refractivity contribution in [3.8, 4) is 5.75 Å². The minimum atomic E-state index is -0.723. The molecule has 0 bridgehead atoms. The Morgan fingerprint density at radius 1 is 0.968 bits per heavy atom. The van der Waals surface area contributed by atoms with Crippen LogP contribution in [-0.2, 0) is 11.3 Å². The monoisotopic (exact) mass is 440 g/mol.